The summed E-state index contributed by atoms with van der Waals surface area (Å²) in [6, 6.07) is 14.0. The van der Waals surface area contributed by atoms with Crippen molar-refractivity contribution in [2.45, 2.75) is 11.9 Å². The van der Waals surface area contributed by atoms with Gasteiger partial charge in [0.1, 0.15) is 6.61 Å². The molecular weight excluding hydrogens is 372 g/mol. The van der Waals surface area contributed by atoms with E-state index in [0.717, 1.165) is 32.4 Å². The molecule has 0 saturated heterocycles. The minimum absolute atomic E-state index is 0.521. The van der Waals surface area contributed by atoms with Gasteiger partial charge in [-0.1, -0.05) is 56.1 Å². The van der Waals surface area contributed by atoms with Gasteiger partial charge in [-0.05, 0) is 23.8 Å². The third-order valence-corrected chi connectivity index (χ3v) is 3.85. The Balaban J connectivity index is 2.16. The number of hydrogen-bond donors (Lipinski definition) is 0. The SMILES string of the molecule is COc1cccc(CBr)c1OCc1ccc(Br)cc1. The Hall–Kier alpha value is -1.00. The predicted octanol–water partition coefficient (Wildman–Crippen LogP) is 4.93. The lowest BCUT2D eigenvalue weighted by atomic mass is 10.2. The number of ether oxygens (including phenoxy) is 2. The molecular formula is C15H14Br2O2. The molecule has 0 fully saturated rings. The van der Waals surface area contributed by atoms with Gasteiger partial charge in [-0.3, -0.25) is 0 Å². The summed E-state index contributed by atoms with van der Waals surface area (Å²) in [4.78, 5) is 0. The number of methoxy groups -OCH3 is 1. The maximum absolute atomic E-state index is 5.91. The van der Waals surface area contributed by atoms with Crippen LogP contribution >= 0.6 is 31.9 Å². The largest absolute Gasteiger partial charge is 0.493 e. The van der Waals surface area contributed by atoms with Crippen LogP contribution in [-0.4, -0.2) is 7.11 Å². The molecule has 0 atom stereocenters. The first-order valence-corrected chi connectivity index (χ1v) is 7.75. The summed E-state index contributed by atoms with van der Waals surface area (Å²) in [5.74, 6) is 1.55. The normalized spacial score (nSPS) is 10.3. The molecule has 2 rings (SSSR count). The molecule has 4 heteroatoms. The van der Waals surface area contributed by atoms with Gasteiger partial charge in [0.25, 0.3) is 0 Å². The minimum Gasteiger partial charge on any atom is -0.493 e. The second-order valence-electron chi connectivity index (χ2n) is 4.00. The molecule has 0 aromatic heterocycles. The monoisotopic (exact) mass is 384 g/mol. The first kappa shape index (κ1) is 14.4. The van der Waals surface area contributed by atoms with Crippen LogP contribution in [0.4, 0.5) is 0 Å². The van der Waals surface area contributed by atoms with Crippen LogP contribution in [0, 0.1) is 0 Å². The van der Waals surface area contributed by atoms with Crippen LogP contribution in [0.3, 0.4) is 0 Å². The topological polar surface area (TPSA) is 18.5 Å². The van der Waals surface area contributed by atoms with E-state index in [9.17, 15) is 0 Å². The van der Waals surface area contributed by atoms with Gasteiger partial charge in [0.05, 0.1) is 7.11 Å². The van der Waals surface area contributed by atoms with Crippen molar-refractivity contribution >= 4 is 31.9 Å². The van der Waals surface area contributed by atoms with Crippen molar-refractivity contribution in [1.82, 2.24) is 0 Å². The average Bonchev–Trinajstić information content (AvgIpc) is 2.46. The Morgan fingerprint density at radius 3 is 2.42 bits per heavy atom. The van der Waals surface area contributed by atoms with E-state index in [-0.39, 0.29) is 0 Å². The van der Waals surface area contributed by atoms with Crippen LogP contribution in [0.2, 0.25) is 0 Å². The van der Waals surface area contributed by atoms with Crippen molar-refractivity contribution in [2.24, 2.45) is 0 Å². The molecule has 0 bridgehead atoms. The summed E-state index contributed by atoms with van der Waals surface area (Å²) in [7, 11) is 1.65. The van der Waals surface area contributed by atoms with Crippen LogP contribution in [-0.2, 0) is 11.9 Å². The highest BCUT2D eigenvalue weighted by Crippen LogP contribution is 2.33. The van der Waals surface area contributed by atoms with Gasteiger partial charge < -0.3 is 9.47 Å². The Bertz CT molecular complexity index is 516. The molecule has 0 saturated carbocycles. The Labute approximate surface area is 130 Å². The van der Waals surface area contributed by atoms with Crippen molar-refractivity contribution in [3.8, 4) is 11.5 Å². The van der Waals surface area contributed by atoms with Gasteiger partial charge in [0.15, 0.2) is 11.5 Å². The summed E-state index contributed by atoms with van der Waals surface area (Å²) < 4.78 is 12.3. The molecule has 0 unspecified atom stereocenters. The summed E-state index contributed by atoms with van der Waals surface area (Å²) in [5, 5.41) is 0.736. The Kier molecular flexibility index (Phi) is 5.28. The molecule has 0 spiro atoms. The van der Waals surface area contributed by atoms with Crippen molar-refractivity contribution in [2.75, 3.05) is 7.11 Å². The van der Waals surface area contributed by atoms with Crippen molar-refractivity contribution in [3.63, 3.8) is 0 Å². The van der Waals surface area contributed by atoms with Crippen molar-refractivity contribution in [1.29, 1.82) is 0 Å². The van der Waals surface area contributed by atoms with Crippen molar-refractivity contribution < 1.29 is 9.47 Å². The smallest absolute Gasteiger partial charge is 0.165 e. The van der Waals surface area contributed by atoms with E-state index in [1.807, 2.05) is 42.5 Å². The molecule has 0 aliphatic carbocycles. The third-order valence-electron chi connectivity index (χ3n) is 2.72. The predicted molar refractivity (Wildman–Crippen MR) is 84.1 cm³/mol. The lowest BCUT2D eigenvalue weighted by Crippen LogP contribution is -2.00. The minimum atomic E-state index is 0.521. The molecule has 2 aromatic rings. The lowest BCUT2D eigenvalue weighted by Gasteiger charge is -2.14. The van der Waals surface area contributed by atoms with E-state index in [4.69, 9.17) is 9.47 Å². The molecule has 0 heterocycles. The van der Waals surface area contributed by atoms with Gasteiger partial charge in [-0.2, -0.15) is 0 Å². The molecule has 100 valence electrons. The van der Waals surface area contributed by atoms with E-state index in [2.05, 4.69) is 31.9 Å². The van der Waals surface area contributed by atoms with Crippen molar-refractivity contribution in [3.05, 3.63) is 58.1 Å². The maximum atomic E-state index is 5.91. The van der Waals surface area contributed by atoms with E-state index >= 15 is 0 Å². The number of hydrogen-bond acceptors (Lipinski definition) is 2. The molecule has 0 radical (unpaired) electrons. The fourth-order valence-electron chi connectivity index (χ4n) is 1.73. The zero-order valence-electron chi connectivity index (χ0n) is 10.5. The molecule has 2 aromatic carbocycles. The van der Waals surface area contributed by atoms with Crippen LogP contribution in [0.5, 0.6) is 11.5 Å². The number of benzene rings is 2. The maximum Gasteiger partial charge on any atom is 0.165 e. The highest BCUT2D eigenvalue weighted by Gasteiger charge is 2.09. The van der Waals surface area contributed by atoms with E-state index in [1.54, 1.807) is 7.11 Å². The van der Waals surface area contributed by atoms with E-state index in [0.29, 0.717) is 6.61 Å². The summed E-state index contributed by atoms with van der Waals surface area (Å²) >= 11 is 6.89. The Morgan fingerprint density at radius 1 is 1.05 bits per heavy atom. The van der Waals surface area contributed by atoms with Crippen LogP contribution in [0.25, 0.3) is 0 Å². The van der Waals surface area contributed by atoms with E-state index in [1.165, 1.54) is 0 Å². The van der Waals surface area contributed by atoms with E-state index < -0.39 is 0 Å². The van der Waals surface area contributed by atoms with Gasteiger partial charge in [0.2, 0.25) is 0 Å². The van der Waals surface area contributed by atoms with Gasteiger partial charge in [-0.15, -0.1) is 0 Å². The van der Waals surface area contributed by atoms with Gasteiger partial charge in [-0.25, -0.2) is 0 Å². The van der Waals surface area contributed by atoms with Gasteiger partial charge >= 0.3 is 0 Å². The number of alkyl halides is 1. The highest BCUT2D eigenvalue weighted by atomic mass is 79.9. The summed E-state index contributed by atoms with van der Waals surface area (Å²) in [5.41, 5.74) is 2.20. The van der Waals surface area contributed by atoms with Crippen LogP contribution < -0.4 is 9.47 Å². The zero-order chi connectivity index (χ0) is 13.7. The Morgan fingerprint density at radius 2 is 1.79 bits per heavy atom. The van der Waals surface area contributed by atoms with Crippen LogP contribution in [0.1, 0.15) is 11.1 Å². The first-order chi connectivity index (χ1) is 9.24. The average molecular weight is 386 g/mol. The molecule has 0 amide bonds. The highest BCUT2D eigenvalue weighted by molar-refractivity contribution is 9.10. The molecule has 0 N–H and O–H groups in total. The lowest BCUT2D eigenvalue weighted by molar-refractivity contribution is 0.282. The molecule has 0 aliphatic rings. The number of halogens is 2. The fourth-order valence-corrected chi connectivity index (χ4v) is 2.43. The fraction of sp³-hybridized carbons (Fsp3) is 0.200. The second kappa shape index (κ2) is 6.96. The zero-order valence-corrected chi connectivity index (χ0v) is 13.7. The van der Waals surface area contributed by atoms with Crippen LogP contribution in [0.15, 0.2) is 46.9 Å². The summed E-state index contributed by atoms with van der Waals surface area (Å²) in [6.07, 6.45) is 0. The molecule has 0 aliphatic heterocycles. The summed E-state index contributed by atoms with van der Waals surface area (Å²) in [6.45, 7) is 0.521. The number of para-hydroxylation sites is 1. The first-order valence-electron chi connectivity index (χ1n) is 5.83. The molecule has 19 heavy (non-hydrogen) atoms. The third kappa shape index (κ3) is 3.74. The second-order valence-corrected chi connectivity index (χ2v) is 5.47. The number of rotatable bonds is 5. The quantitative estimate of drug-likeness (QED) is 0.679. The standard InChI is InChI=1S/C15H14Br2O2/c1-18-14-4-2-3-12(9-16)15(14)19-10-11-5-7-13(17)8-6-11/h2-8H,9-10H2,1H3. The van der Waals surface area contributed by atoms with Gasteiger partial charge in [0, 0.05) is 15.4 Å². The molecule has 2 nitrogen and oxygen atoms in total.